The van der Waals surface area contributed by atoms with Crippen molar-refractivity contribution in [2.45, 2.75) is 36.1 Å². The molecule has 1 aliphatic heterocycles. The van der Waals surface area contributed by atoms with Gasteiger partial charge in [0.1, 0.15) is 0 Å². The zero-order valence-electron chi connectivity index (χ0n) is 23.3. The second kappa shape index (κ2) is 11.5. The molecule has 228 valence electrons. The van der Waals surface area contributed by atoms with Crippen molar-refractivity contribution >= 4 is 31.4 Å². The van der Waals surface area contributed by atoms with E-state index in [0.29, 0.717) is 58.8 Å². The van der Waals surface area contributed by atoms with Crippen LogP contribution in [0.4, 0.5) is 13.2 Å². The van der Waals surface area contributed by atoms with Gasteiger partial charge in [-0.2, -0.15) is 17.9 Å². The lowest BCUT2D eigenvalue weighted by molar-refractivity contribution is -0.258. The summed E-state index contributed by atoms with van der Waals surface area (Å²) in [5.74, 6) is 0.833. The molecule has 0 saturated carbocycles. The molecule has 5 aromatic rings. The highest BCUT2D eigenvalue weighted by Gasteiger charge is 2.51. The molecular weight excluding hydrogens is 613 g/mol. The van der Waals surface area contributed by atoms with Crippen molar-refractivity contribution in [1.29, 1.82) is 0 Å². The number of fused-ring (bicyclic) bond motifs is 2. The minimum atomic E-state index is -4.88. The van der Waals surface area contributed by atoms with Crippen LogP contribution in [0.5, 0.6) is 11.5 Å². The largest absolute Gasteiger partial charge is 0.490 e. The van der Waals surface area contributed by atoms with Gasteiger partial charge in [-0.15, -0.1) is 11.3 Å². The molecule has 3 heterocycles. The zero-order chi connectivity index (χ0) is 31.1. The van der Waals surface area contributed by atoms with E-state index in [0.717, 1.165) is 11.5 Å². The van der Waals surface area contributed by atoms with Gasteiger partial charge in [0.15, 0.2) is 17.1 Å². The van der Waals surface area contributed by atoms with E-state index in [9.17, 15) is 26.7 Å². The number of sulfonamides is 1. The van der Waals surface area contributed by atoms with Gasteiger partial charge in [-0.05, 0) is 53.8 Å². The Kier molecular flexibility index (Phi) is 7.87. The second-order valence-electron chi connectivity index (χ2n) is 10.5. The predicted molar refractivity (Wildman–Crippen MR) is 161 cm³/mol. The smallest absolute Gasteiger partial charge is 0.421 e. The molecule has 0 aliphatic carbocycles. The van der Waals surface area contributed by atoms with E-state index in [4.69, 9.17) is 9.47 Å². The van der Waals surface area contributed by atoms with E-state index in [2.05, 4.69) is 9.71 Å². The Hall–Kier alpha value is -3.97. The van der Waals surface area contributed by atoms with Crippen molar-refractivity contribution in [3.63, 3.8) is 0 Å². The monoisotopic (exact) mass is 640 g/mol. The highest BCUT2D eigenvalue weighted by Crippen LogP contribution is 2.42. The zero-order valence-corrected chi connectivity index (χ0v) is 25.0. The number of aromatic nitrogens is 1. The number of hydrogen-bond acceptors (Lipinski definition) is 7. The third-order valence-electron chi connectivity index (χ3n) is 7.43. The second-order valence-corrected chi connectivity index (χ2v) is 13.3. The highest BCUT2D eigenvalue weighted by molar-refractivity contribution is 7.89. The van der Waals surface area contributed by atoms with Crippen LogP contribution in [0.2, 0.25) is 0 Å². The Morgan fingerprint density at radius 1 is 0.932 bits per heavy atom. The van der Waals surface area contributed by atoms with Crippen LogP contribution in [0.15, 0.2) is 96.0 Å². The topological polar surface area (TPSA) is 97.8 Å². The number of pyridine rings is 1. The highest BCUT2D eigenvalue weighted by atomic mass is 32.2. The lowest BCUT2D eigenvalue weighted by Gasteiger charge is -2.26. The molecule has 6 rings (SSSR count). The third-order valence-corrected chi connectivity index (χ3v) is 10.1. The molecule has 12 heteroatoms. The van der Waals surface area contributed by atoms with Crippen LogP contribution in [0.25, 0.3) is 21.3 Å². The molecule has 0 fully saturated rings. The van der Waals surface area contributed by atoms with E-state index < -0.39 is 27.8 Å². The summed E-state index contributed by atoms with van der Waals surface area (Å²) < 4.78 is 83.1. The van der Waals surface area contributed by atoms with Crippen molar-refractivity contribution in [3.05, 3.63) is 107 Å². The molecule has 0 radical (unpaired) electrons. The fraction of sp³-hybridized carbons (Fsp3) is 0.219. The molecule has 0 unspecified atom stereocenters. The van der Waals surface area contributed by atoms with Crippen LogP contribution < -0.4 is 14.2 Å². The van der Waals surface area contributed by atoms with Crippen molar-refractivity contribution in [2.75, 3.05) is 13.2 Å². The van der Waals surface area contributed by atoms with Crippen molar-refractivity contribution in [3.8, 4) is 22.8 Å². The van der Waals surface area contributed by atoms with E-state index >= 15 is 0 Å². The number of halogens is 3. The first-order valence-corrected chi connectivity index (χ1v) is 16.0. The number of thiophene rings is 1. The maximum atomic E-state index is 13.7. The van der Waals surface area contributed by atoms with Gasteiger partial charge in [-0.1, -0.05) is 48.5 Å². The Bertz CT molecular complexity index is 1930. The summed E-state index contributed by atoms with van der Waals surface area (Å²) in [4.78, 5) is 4.98. The maximum absolute atomic E-state index is 13.7. The van der Waals surface area contributed by atoms with E-state index in [1.807, 2.05) is 42.5 Å². The number of aliphatic hydroxyl groups is 1. The first-order valence-electron chi connectivity index (χ1n) is 13.7. The SMILES string of the molecule is C[C@](O)(c1ccnc(-c2cccc3cc([C@@H](NS(=O)(=O)c4ccc5c(c4)OCCCO5)c4ccccc4)sc23)c1)C(F)(F)F. The van der Waals surface area contributed by atoms with Crippen molar-refractivity contribution in [2.24, 2.45) is 0 Å². The summed E-state index contributed by atoms with van der Waals surface area (Å²) in [7, 11) is -4.06. The summed E-state index contributed by atoms with van der Waals surface area (Å²) >= 11 is 1.31. The Morgan fingerprint density at radius 3 is 2.43 bits per heavy atom. The molecular formula is C32H27F3N2O5S2. The van der Waals surface area contributed by atoms with E-state index in [1.165, 1.54) is 35.7 Å². The molecule has 0 amide bonds. The van der Waals surface area contributed by atoms with Crippen LogP contribution >= 0.6 is 11.3 Å². The standard InChI is InChI=1S/C32H27F3N2O5S2/c1-31(38,32(33,34)35)22-13-14-36-25(18-22)24-10-5-9-21-17-28(43-30(21)24)29(20-7-3-2-4-8-20)37-44(39,40)23-11-12-26-27(19-23)42-16-6-15-41-26/h2-5,7-14,17-19,29,37-38H,6,15-16H2,1H3/t29-,31-/m0/s1. The molecule has 0 spiro atoms. The predicted octanol–water partition coefficient (Wildman–Crippen LogP) is 6.96. The lowest BCUT2D eigenvalue weighted by atomic mass is 9.94. The molecule has 0 bridgehead atoms. The van der Waals surface area contributed by atoms with Crippen LogP contribution in [-0.2, 0) is 15.6 Å². The third kappa shape index (κ3) is 5.77. The first-order chi connectivity index (χ1) is 20.9. The quantitative estimate of drug-likeness (QED) is 0.200. The molecule has 2 aromatic heterocycles. The summed E-state index contributed by atoms with van der Waals surface area (Å²) in [5, 5.41) is 11.0. The Balaban J connectivity index is 1.41. The van der Waals surface area contributed by atoms with Gasteiger partial charge >= 0.3 is 6.18 Å². The average Bonchev–Trinajstić information content (AvgIpc) is 3.30. The van der Waals surface area contributed by atoms with Crippen molar-refractivity contribution < 1.29 is 36.2 Å². The molecule has 2 atom stereocenters. The van der Waals surface area contributed by atoms with Gasteiger partial charge in [0, 0.05) is 33.8 Å². The summed E-state index contributed by atoms with van der Waals surface area (Å²) in [5.41, 5.74) is -1.91. The van der Waals surface area contributed by atoms with Crippen LogP contribution in [0.3, 0.4) is 0 Å². The van der Waals surface area contributed by atoms with Gasteiger partial charge in [0.2, 0.25) is 10.0 Å². The number of nitrogens with one attached hydrogen (secondary N) is 1. The average molecular weight is 641 g/mol. The minimum absolute atomic E-state index is 0.0159. The molecule has 44 heavy (non-hydrogen) atoms. The fourth-order valence-electron chi connectivity index (χ4n) is 4.94. The normalized spacial score (nSPS) is 15.8. The van der Waals surface area contributed by atoms with Gasteiger partial charge in [-0.25, -0.2) is 8.42 Å². The maximum Gasteiger partial charge on any atom is 0.421 e. The summed E-state index contributed by atoms with van der Waals surface area (Å²) in [6, 6.07) is 22.3. The molecule has 0 saturated heterocycles. The van der Waals surface area contributed by atoms with Gasteiger partial charge in [-0.3, -0.25) is 4.98 Å². The van der Waals surface area contributed by atoms with E-state index in [1.54, 1.807) is 18.2 Å². The minimum Gasteiger partial charge on any atom is -0.490 e. The number of benzene rings is 3. The summed E-state index contributed by atoms with van der Waals surface area (Å²) in [6.45, 7) is 1.59. The molecule has 7 nitrogen and oxygen atoms in total. The number of rotatable bonds is 7. The lowest BCUT2D eigenvalue weighted by Crippen LogP contribution is -2.39. The van der Waals surface area contributed by atoms with Gasteiger partial charge < -0.3 is 14.6 Å². The van der Waals surface area contributed by atoms with Crippen LogP contribution in [0.1, 0.15) is 35.4 Å². The summed E-state index contributed by atoms with van der Waals surface area (Å²) in [6.07, 6.45) is -2.97. The Morgan fingerprint density at radius 2 is 1.68 bits per heavy atom. The van der Waals surface area contributed by atoms with Gasteiger partial charge in [0.05, 0.1) is 29.8 Å². The number of alkyl halides is 3. The first kappa shape index (κ1) is 30.1. The van der Waals surface area contributed by atoms with E-state index in [-0.39, 0.29) is 16.2 Å². The molecule has 2 N–H and O–H groups in total. The number of nitrogens with zero attached hydrogens (tertiary/aromatic N) is 1. The molecule has 3 aromatic carbocycles. The molecule has 1 aliphatic rings. The number of ether oxygens (including phenoxy) is 2. The van der Waals surface area contributed by atoms with Crippen molar-refractivity contribution in [1.82, 2.24) is 9.71 Å². The number of hydrogen-bond donors (Lipinski definition) is 2. The van der Waals surface area contributed by atoms with Crippen LogP contribution in [0, 0.1) is 0 Å². The fourth-order valence-corrected chi connectivity index (χ4v) is 7.50. The van der Waals surface area contributed by atoms with Gasteiger partial charge in [0.25, 0.3) is 0 Å². The van der Waals surface area contributed by atoms with Crippen LogP contribution in [-0.4, -0.2) is 37.9 Å². The Labute approximate surface area is 256 Å².